The number of carbonyl (C=O) groups excluding carboxylic acids is 1. The van der Waals surface area contributed by atoms with Gasteiger partial charge in [-0.2, -0.15) is 0 Å². The van der Waals surface area contributed by atoms with Crippen molar-refractivity contribution in [3.63, 3.8) is 0 Å². The third-order valence-corrected chi connectivity index (χ3v) is 3.44. The fourth-order valence-corrected chi connectivity index (χ4v) is 2.38. The van der Waals surface area contributed by atoms with Crippen LogP contribution >= 0.6 is 0 Å². The number of hydrogen-bond acceptors (Lipinski definition) is 5. The minimum absolute atomic E-state index is 0.0561. The third-order valence-electron chi connectivity index (χ3n) is 3.44. The quantitative estimate of drug-likeness (QED) is 0.876. The lowest BCUT2D eigenvalue weighted by atomic mass is 10.1. The van der Waals surface area contributed by atoms with Crippen molar-refractivity contribution < 1.29 is 24.1 Å². The Bertz CT molecular complexity index is 792. The predicted octanol–water partition coefficient (Wildman–Crippen LogP) is 3.42. The van der Waals surface area contributed by atoms with E-state index >= 15 is 0 Å². The monoisotopic (exact) mass is 312 g/mol. The molecule has 2 aromatic rings. The number of phenolic OH excluding ortho intramolecular Hbond substituents is 1. The molecule has 1 aliphatic heterocycles. The molecule has 0 saturated carbocycles. The topological polar surface area (TPSA) is 65.0 Å². The molecule has 23 heavy (non-hydrogen) atoms. The van der Waals surface area contributed by atoms with Gasteiger partial charge in [0.05, 0.1) is 19.3 Å². The molecule has 0 radical (unpaired) electrons. The molecule has 0 spiro atoms. The van der Waals surface area contributed by atoms with E-state index in [1.165, 1.54) is 12.1 Å². The van der Waals surface area contributed by atoms with E-state index in [-0.39, 0.29) is 17.3 Å². The predicted molar refractivity (Wildman–Crippen MR) is 85.2 cm³/mol. The van der Waals surface area contributed by atoms with E-state index < -0.39 is 0 Å². The Morgan fingerprint density at radius 3 is 2.74 bits per heavy atom. The molecule has 0 aromatic heterocycles. The molecule has 0 bridgehead atoms. The van der Waals surface area contributed by atoms with Gasteiger partial charge in [0.1, 0.15) is 11.5 Å². The van der Waals surface area contributed by atoms with Gasteiger partial charge in [0.15, 0.2) is 17.3 Å². The van der Waals surface area contributed by atoms with Gasteiger partial charge in [0.25, 0.3) is 0 Å². The molecule has 118 valence electrons. The number of methoxy groups -OCH3 is 1. The first-order valence-corrected chi connectivity index (χ1v) is 7.20. The first-order chi connectivity index (χ1) is 11.1. The van der Waals surface area contributed by atoms with Gasteiger partial charge in [-0.1, -0.05) is 6.07 Å². The van der Waals surface area contributed by atoms with Crippen molar-refractivity contribution in [1.82, 2.24) is 0 Å². The molecular formula is C18H16O5. The normalized spacial score (nSPS) is 14.5. The van der Waals surface area contributed by atoms with E-state index in [9.17, 15) is 9.90 Å². The lowest BCUT2D eigenvalue weighted by molar-refractivity contribution is 0.101. The van der Waals surface area contributed by atoms with E-state index in [1.807, 2.05) is 13.0 Å². The van der Waals surface area contributed by atoms with Gasteiger partial charge in [-0.15, -0.1) is 0 Å². The first-order valence-electron chi connectivity index (χ1n) is 7.20. The minimum atomic E-state index is -0.215. The highest BCUT2D eigenvalue weighted by Gasteiger charge is 2.27. The zero-order valence-electron chi connectivity index (χ0n) is 12.8. The number of allylic oxidation sites excluding steroid dienone is 1. The van der Waals surface area contributed by atoms with Gasteiger partial charge in [-0.25, -0.2) is 0 Å². The number of rotatable bonds is 4. The first kappa shape index (κ1) is 15.0. The van der Waals surface area contributed by atoms with Crippen molar-refractivity contribution in [3.8, 4) is 23.0 Å². The van der Waals surface area contributed by atoms with Gasteiger partial charge >= 0.3 is 0 Å². The summed E-state index contributed by atoms with van der Waals surface area (Å²) in [6.45, 7) is 2.43. The van der Waals surface area contributed by atoms with Gasteiger partial charge in [0.2, 0.25) is 5.78 Å². The molecule has 0 atom stereocenters. The molecule has 0 amide bonds. The summed E-state index contributed by atoms with van der Waals surface area (Å²) < 4.78 is 16.3. The van der Waals surface area contributed by atoms with Crippen molar-refractivity contribution in [2.45, 2.75) is 6.92 Å². The molecule has 2 aromatic carbocycles. The maximum Gasteiger partial charge on any atom is 0.231 e. The number of phenols is 1. The number of ketones is 1. The van der Waals surface area contributed by atoms with E-state index in [1.54, 1.807) is 31.4 Å². The van der Waals surface area contributed by atoms with E-state index in [0.29, 0.717) is 29.4 Å². The van der Waals surface area contributed by atoms with E-state index in [2.05, 4.69) is 0 Å². The Labute approximate surface area is 133 Å². The van der Waals surface area contributed by atoms with Crippen molar-refractivity contribution in [3.05, 3.63) is 53.3 Å². The number of ether oxygens (including phenoxy) is 3. The average molecular weight is 312 g/mol. The summed E-state index contributed by atoms with van der Waals surface area (Å²) in [7, 11) is 1.56. The number of carbonyl (C=O) groups is 1. The van der Waals surface area contributed by atoms with Crippen LogP contribution in [0.2, 0.25) is 0 Å². The molecule has 0 fully saturated rings. The Morgan fingerprint density at radius 2 is 2.00 bits per heavy atom. The van der Waals surface area contributed by atoms with Gasteiger partial charge in [-0.3, -0.25) is 4.79 Å². The van der Waals surface area contributed by atoms with Crippen LogP contribution in [-0.4, -0.2) is 24.6 Å². The van der Waals surface area contributed by atoms with Crippen molar-refractivity contribution in [2.24, 2.45) is 0 Å². The summed E-state index contributed by atoms with van der Waals surface area (Å²) in [6.07, 6.45) is 1.64. The molecule has 0 saturated heterocycles. The minimum Gasteiger partial charge on any atom is -0.508 e. The van der Waals surface area contributed by atoms with Crippen molar-refractivity contribution in [2.75, 3.05) is 13.7 Å². The fourth-order valence-electron chi connectivity index (χ4n) is 2.38. The van der Waals surface area contributed by atoms with E-state index in [4.69, 9.17) is 14.2 Å². The third kappa shape index (κ3) is 2.85. The number of hydrogen-bond donors (Lipinski definition) is 1. The fraction of sp³-hybridized carbons (Fsp3) is 0.167. The summed E-state index contributed by atoms with van der Waals surface area (Å²) in [5.74, 6) is 1.63. The summed E-state index contributed by atoms with van der Waals surface area (Å²) >= 11 is 0. The second-order valence-corrected chi connectivity index (χ2v) is 4.96. The number of aromatic hydroxyl groups is 1. The Hall–Kier alpha value is -2.95. The summed E-state index contributed by atoms with van der Waals surface area (Å²) in [4.78, 5) is 12.3. The maximum atomic E-state index is 12.3. The molecule has 0 unspecified atom stereocenters. The number of fused-ring (bicyclic) bond motifs is 1. The van der Waals surface area contributed by atoms with Crippen LogP contribution in [0.4, 0.5) is 0 Å². The summed E-state index contributed by atoms with van der Waals surface area (Å²) in [5.41, 5.74) is 1.19. The maximum absolute atomic E-state index is 12.3. The van der Waals surface area contributed by atoms with Crippen LogP contribution in [0.25, 0.3) is 6.08 Å². The highest BCUT2D eigenvalue weighted by Crippen LogP contribution is 2.35. The van der Waals surface area contributed by atoms with Gasteiger partial charge in [0, 0.05) is 6.07 Å². The zero-order chi connectivity index (χ0) is 16.4. The molecule has 1 heterocycles. The largest absolute Gasteiger partial charge is 0.508 e. The average Bonchev–Trinajstić information content (AvgIpc) is 2.84. The number of Topliss-reactive ketones (excluding diaryl/α,β-unsaturated/α-hetero) is 1. The second-order valence-electron chi connectivity index (χ2n) is 4.96. The molecule has 3 rings (SSSR count). The number of benzene rings is 2. The Kier molecular flexibility index (Phi) is 3.93. The summed E-state index contributed by atoms with van der Waals surface area (Å²) in [5, 5.41) is 9.47. The van der Waals surface area contributed by atoms with Crippen LogP contribution in [0.15, 0.2) is 42.2 Å². The molecule has 5 nitrogen and oxygen atoms in total. The van der Waals surface area contributed by atoms with Crippen molar-refractivity contribution in [1.29, 1.82) is 0 Å². The zero-order valence-corrected chi connectivity index (χ0v) is 12.8. The standard InChI is InChI=1S/C18H16O5/c1-3-22-14-7-4-11(8-16(14)21-2)9-17-18(20)13-6-5-12(19)10-15(13)23-17/h4-10,19H,3H2,1-2H3. The molecule has 0 aliphatic carbocycles. The molecule has 5 heteroatoms. The Morgan fingerprint density at radius 1 is 1.17 bits per heavy atom. The van der Waals surface area contributed by atoms with E-state index in [0.717, 1.165) is 5.56 Å². The highest BCUT2D eigenvalue weighted by atomic mass is 16.5. The molecule has 1 N–H and O–H groups in total. The van der Waals surface area contributed by atoms with Crippen LogP contribution in [0.3, 0.4) is 0 Å². The lowest BCUT2D eigenvalue weighted by Gasteiger charge is -2.09. The highest BCUT2D eigenvalue weighted by molar-refractivity contribution is 6.14. The van der Waals surface area contributed by atoms with Crippen LogP contribution < -0.4 is 14.2 Å². The Balaban J connectivity index is 1.92. The van der Waals surface area contributed by atoms with Crippen LogP contribution in [0.1, 0.15) is 22.8 Å². The van der Waals surface area contributed by atoms with Gasteiger partial charge < -0.3 is 19.3 Å². The molecular weight excluding hydrogens is 296 g/mol. The lowest BCUT2D eigenvalue weighted by Crippen LogP contribution is -1.99. The van der Waals surface area contributed by atoms with Crippen LogP contribution in [0, 0.1) is 0 Å². The van der Waals surface area contributed by atoms with Crippen LogP contribution in [0.5, 0.6) is 23.0 Å². The van der Waals surface area contributed by atoms with Gasteiger partial charge in [-0.05, 0) is 42.8 Å². The summed E-state index contributed by atoms with van der Waals surface area (Å²) in [6, 6.07) is 9.81. The SMILES string of the molecule is CCOc1ccc(C=C2Oc3cc(O)ccc3C2=O)cc1OC. The second kappa shape index (κ2) is 6.04. The van der Waals surface area contributed by atoms with Crippen molar-refractivity contribution >= 4 is 11.9 Å². The molecule has 1 aliphatic rings. The smallest absolute Gasteiger partial charge is 0.231 e. The van der Waals surface area contributed by atoms with Crippen LogP contribution in [-0.2, 0) is 0 Å².